The average molecular weight is 985 g/mol. The quantitative estimate of drug-likeness (QED) is 0.162. The molecule has 0 unspecified atom stereocenters. The highest BCUT2D eigenvalue weighted by Crippen LogP contribution is 2.50. The average Bonchev–Trinajstić information content (AvgIpc) is 4.09. The van der Waals surface area contributed by atoms with Gasteiger partial charge in [-0.1, -0.05) is 192 Å². The fraction of sp³-hybridized carbons (Fsp3) is 0.229. The Labute approximate surface area is 447 Å². The van der Waals surface area contributed by atoms with Crippen molar-refractivity contribution in [1.29, 1.82) is 0 Å². The van der Waals surface area contributed by atoms with Crippen LogP contribution in [0.5, 0.6) is 23.0 Å². The van der Waals surface area contributed by atoms with Crippen LogP contribution in [0.1, 0.15) is 105 Å². The number of aromatic nitrogens is 2. The van der Waals surface area contributed by atoms with E-state index in [9.17, 15) is 0 Å². The van der Waals surface area contributed by atoms with Crippen LogP contribution in [0, 0.1) is 0 Å². The molecule has 4 nitrogen and oxygen atoms in total. The van der Waals surface area contributed by atoms with Crippen LogP contribution in [0.25, 0.3) is 77.2 Å². The fourth-order valence-corrected chi connectivity index (χ4v) is 13.5. The van der Waals surface area contributed by atoms with E-state index in [4.69, 9.17) is 9.47 Å². The smallest absolute Gasteiger partial charge is 0.256 e. The molecule has 9 aromatic carbocycles. The summed E-state index contributed by atoms with van der Waals surface area (Å²) in [5.41, 5.74) is 23.8. The van der Waals surface area contributed by atoms with Crippen molar-refractivity contribution >= 4 is 89.8 Å². The van der Waals surface area contributed by atoms with Crippen LogP contribution < -0.4 is 42.3 Å². The van der Waals surface area contributed by atoms with E-state index in [2.05, 4.69) is 250 Å². The summed E-state index contributed by atoms with van der Waals surface area (Å²) in [4.78, 5) is 0. The molecule has 4 aliphatic rings. The molecule has 0 spiro atoms. The minimum atomic E-state index is -0.169. The van der Waals surface area contributed by atoms with E-state index in [1.54, 1.807) is 0 Å². The van der Waals surface area contributed by atoms with Gasteiger partial charge in [0.15, 0.2) is 0 Å². The zero-order valence-electron chi connectivity index (χ0n) is 45.9. The molecule has 0 saturated heterocycles. The van der Waals surface area contributed by atoms with E-state index in [1.807, 2.05) is 0 Å². The van der Waals surface area contributed by atoms with Crippen LogP contribution in [0.15, 0.2) is 158 Å². The van der Waals surface area contributed by atoms with E-state index in [1.165, 1.54) is 98.8 Å². The van der Waals surface area contributed by atoms with Crippen LogP contribution in [0.3, 0.4) is 0 Å². The van der Waals surface area contributed by atoms with Crippen molar-refractivity contribution in [3.8, 4) is 56.6 Å². The summed E-state index contributed by atoms with van der Waals surface area (Å²) in [6, 6.07) is 60.0. The molecule has 0 fully saturated rings. The lowest BCUT2D eigenvalue weighted by molar-refractivity contribution is 0.472. The molecule has 0 N–H and O–H groups in total. The maximum atomic E-state index is 7.91. The van der Waals surface area contributed by atoms with Gasteiger partial charge in [0.25, 0.3) is 13.4 Å². The third kappa shape index (κ3) is 6.27. The number of hydrogen-bond acceptors (Lipinski definition) is 2. The fourth-order valence-electron chi connectivity index (χ4n) is 13.5. The van der Waals surface area contributed by atoms with E-state index in [0.29, 0.717) is 0 Å². The molecule has 76 heavy (non-hydrogen) atoms. The third-order valence-electron chi connectivity index (χ3n) is 17.6. The molecule has 0 aliphatic carbocycles. The number of benzene rings is 9. The predicted molar refractivity (Wildman–Crippen MR) is 323 cm³/mol. The molecular weight excluding hydrogens is 922 g/mol. The van der Waals surface area contributed by atoms with Gasteiger partial charge in [0.2, 0.25) is 0 Å². The van der Waals surface area contributed by atoms with Crippen molar-refractivity contribution in [1.82, 2.24) is 9.13 Å². The monoisotopic (exact) mass is 984 g/mol. The number of nitrogens with zero attached hydrogens (tertiary/aromatic N) is 2. The van der Waals surface area contributed by atoms with E-state index in [-0.39, 0.29) is 35.1 Å². The topological polar surface area (TPSA) is 28.3 Å². The van der Waals surface area contributed by atoms with Gasteiger partial charge in [-0.2, -0.15) is 0 Å². The Morgan fingerprint density at radius 2 is 0.697 bits per heavy atom. The normalized spacial score (nSPS) is 14.2. The van der Waals surface area contributed by atoms with Crippen molar-refractivity contribution in [2.45, 2.75) is 105 Å². The second kappa shape index (κ2) is 15.0. The first-order chi connectivity index (χ1) is 36.2. The lowest BCUT2D eigenvalue weighted by Crippen LogP contribution is -2.63. The van der Waals surface area contributed by atoms with E-state index in [0.717, 1.165) is 56.4 Å². The zero-order valence-corrected chi connectivity index (χ0v) is 45.9. The Morgan fingerprint density at radius 1 is 0.329 bits per heavy atom. The number of ether oxygens (including phenoxy) is 2. The van der Waals surface area contributed by atoms with Gasteiger partial charge in [-0.05, 0) is 137 Å². The van der Waals surface area contributed by atoms with Crippen molar-refractivity contribution in [2.75, 3.05) is 0 Å². The molecule has 6 heterocycles. The molecule has 0 atom stereocenters. The summed E-state index contributed by atoms with van der Waals surface area (Å²) >= 11 is 0. The van der Waals surface area contributed by atoms with Crippen LogP contribution in [-0.2, 0) is 21.7 Å². The van der Waals surface area contributed by atoms with Gasteiger partial charge in [0, 0.05) is 43.5 Å². The van der Waals surface area contributed by atoms with Crippen LogP contribution in [-0.4, -0.2) is 22.6 Å². The molecule has 0 bridgehead atoms. The number of fused-ring (bicyclic) bond motifs is 16. The maximum absolute atomic E-state index is 7.91. The molecule has 4 aliphatic heterocycles. The second-order valence-corrected chi connectivity index (χ2v) is 26.5. The largest absolute Gasteiger partial charge is 0.456 e. The minimum absolute atomic E-state index is 0.0492. The molecule has 6 heteroatoms. The summed E-state index contributed by atoms with van der Waals surface area (Å²) < 4.78 is 21.0. The highest BCUT2D eigenvalue weighted by molar-refractivity contribution is 7.02. The van der Waals surface area contributed by atoms with Crippen LogP contribution in [0.4, 0.5) is 0 Å². The molecular formula is C70H62B2N2O2. The third-order valence-corrected chi connectivity index (χ3v) is 17.6. The van der Waals surface area contributed by atoms with E-state index < -0.39 is 0 Å². The highest BCUT2D eigenvalue weighted by atomic mass is 16.5. The summed E-state index contributed by atoms with van der Waals surface area (Å²) in [5.74, 6) is 3.61. The lowest BCUT2D eigenvalue weighted by Gasteiger charge is -2.41. The van der Waals surface area contributed by atoms with Crippen molar-refractivity contribution < 1.29 is 9.47 Å². The van der Waals surface area contributed by atoms with Gasteiger partial charge < -0.3 is 18.6 Å². The maximum Gasteiger partial charge on any atom is 0.256 e. The van der Waals surface area contributed by atoms with Gasteiger partial charge in [0.1, 0.15) is 23.0 Å². The first-order valence-corrected chi connectivity index (χ1v) is 27.5. The van der Waals surface area contributed by atoms with Crippen molar-refractivity contribution in [2.24, 2.45) is 0 Å². The standard InChI is InChI=1S/C70H62B2N2O2/c1-67(2,3)43-25-29-55-47(33-43)49-35-45(69(7,8)9)37-53-61(49)73(55)63-59-66(76-57-31-41(23-27-51(57)71(53)59)39-19-15-13-16-20-39)64-60-65(63)75-58-32-42(40-21-17-14-18-22-40)24-28-52(58)72(60)54-38-46(70(10,11)12)36-50-48-34-44(68(4,5)6)26-30-56(48)74(64)62(50)54/h13-38H,1-12H3. The molecule has 0 amide bonds. The summed E-state index contributed by atoms with van der Waals surface area (Å²) in [7, 11) is 0. The SMILES string of the molecule is CC(C)(C)c1ccc2c(c1)c1cc(C(C)(C)C)cc3c1n2-c1c2c4c(c5c1B3c1ccc(-c3ccccc3)cc1O5)-n1c3ccc(C(C)(C)C)cc3c3cc(C(C)(C)C)cc(c31)B4c1ccc(-c3ccccc3)cc1O2. The van der Waals surface area contributed by atoms with Gasteiger partial charge in [-0.15, -0.1) is 0 Å². The van der Waals surface area contributed by atoms with Crippen LogP contribution >= 0.6 is 0 Å². The van der Waals surface area contributed by atoms with Gasteiger partial charge in [-0.3, -0.25) is 0 Å². The molecule has 0 radical (unpaired) electrons. The second-order valence-electron chi connectivity index (χ2n) is 26.5. The first-order valence-electron chi connectivity index (χ1n) is 27.5. The zero-order chi connectivity index (χ0) is 52.3. The van der Waals surface area contributed by atoms with Gasteiger partial charge >= 0.3 is 0 Å². The molecule has 15 rings (SSSR count). The highest BCUT2D eigenvalue weighted by Gasteiger charge is 2.51. The Kier molecular flexibility index (Phi) is 9.04. The molecule has 11 aromatic rings. The first kappa shape index (κ1) is 45.7. The van der Waals surface area contributed by atoms with E-state index >= 15 is 0 Å². The van der Waals surface area contributed by atoms with Crippen molar-refractivity contribution in [3.63, 3.8) is 0 Å². The Balaban J connectivity index is 1.16. The molecule has 2 aromatic heterocycles. The summed E-state index contributed by atoms with van der Waals surface area (Å²) in [5, 5.41) is 5.09. The Hall–Kier alpha value is -7.69. The predicted octanol–water partition coefficient (Wildman–Crippen LogP) is 14.3. The molecule has 0 saturated carbocycles. The number of hydrogen-bond donors (Lipinski definition) is 0. The minimum Gasteiger partial charge on any atom is -0.456 e. The Bertz CT molecular complexity index is 4090. The molecule has 370 valence electrons. The van der Waals surface area contributed by atoms with Crippen LogP contribution in [0.2, 0.25) is 0 Å². The summed E-state index contributed by atoms with van der Waals surface area (Å²) in [6.45, 7) is 27.8. The van der Waals surface area contributed by atoms with Crippen molar-refractivity contribution in [3.05, 3.63) is 180 Å². The Morgan fingerprint density at radius 3 is 1.07 bits per heavy atom. The lowest BCUT2D eigenvalue weighted by atomic mass is 9.31. The number of rotatable bonds is 2. The van der Waals surface area contributed by atoms with Gasteiger partial charge in [0.05, 0.1) is 22.4 Å². The van der Waals surface area contributed by atoms with Gasteiger partial charge in [-0.25, -0.2) is 0 Å². The summed E-state index contributed by atoms with van der Waals surface area (Å²) in [6.07, 6.45) is 0.